The molecule has 7 nitrogen and oxygen atoms in total. The fourth-order valence-corrected chi connectivity index (χ4v) is 4.20. The van der Waals surface area contributed by atoms with E-state index in [1.807, 2.05) is 12.1 Å². The zero-order chi connectivity index (χ0) is 26.6. The normalized spacial score (nSPS) is 12.6. The van der Waals surface area contributed by atoms with Gasteiger partial charge in [-0.1, -0.05) is 54.6 Å². The number of nitrogen functional groups attached to an aromatic ring is 1. The molecule has 1 aliphatic heterocycles. The van der Waals surface area contributed by atoms with E-state index in [1.54, 1.807) is 91.0 Å². The molecule has 3 N–H and O–H groups in total. The van der Waals surface area contributed by atoms with Gasteiger partial charge in [-0.15, -0.1) is 0 Å². The highest BCUT2D eigenvalue weighted by Gasteiger charge is 2.35. The highest BCUT2D eigenvalue weighted by Crippen LogP contribution is 2.24. The van der Waals surface area contributed by atoms with E-state index in [4.69, 9.17) is 5.73 Å². The predicted octanol–water partition coefficient (Wildman–Crippen LogP) is 5.21. The Bertz CT molecular complexity index is 1570. The molecule has 0 aliphatic carbocycles. The van der Waals surface area contributed by atoms with E-state index >= 15 is 0 Å². The number of hydrogen-bond donors (Lipinski definition) is 2. The maximum Gasteiger partial charge on any atom is 0.261 e. The first kappa shape index (κ1) is 24.4. The Morgan fingerprint density at radius 2 is 1.42 bits per heavy atom. The second-order valence-corrected chi connectivity index (χ2v) is 8.84. The predicted molar refractivity (Wildman–Crippen MR) is 146 cm³/mol. The molecule has 0 spiro atoms. The van der Waals surface area contributed by atoms with Gasteiger partial charge in [-0.25, -0.2) is 0 Å². The summed E-state index contributed by atoms with van der Waals surface area (Å²) < 4.78 is 0. The van der Waals surface area contributed by atoms with Gasteiger partial charge in [0.25, 0.3) is 17.7 Å². The van der Waals surface area contributed by atoms with E-state index in [9.17, 15) is 19.2 Å². The van der Waals surface area contributed by atoms with Gasteiger partial charge < -0.3 is 11.1 Å². The Hall–Kier alpha value is -5.30. The summed E-state index contributed by atoms with van der Waals surface area (Å²) >= 11 is 0. The van der Waals surface area contributed by atoms with Crippen molar-refractivity contribution in [1.82, 2.24) is 4.90 Å². The molecule has 4 aromatic carbocycles. The molecular formula is C31H23N3O4. The third-order valence-corrected chi connectivity index (χ3v) is 6.18. The van der Waals surface area contributed by atoms with Crippen molar-refractivity contribution in [2.75, 3.05) is 11.1 Å². The first-order valence-electron chi connectivity index (χ1n) is 11.9. The van der Waals surface area contributed by atoms with Gasteiger partial charge >= 0.3 is 0 Å². The van der Waals surface area contributed by atoms with Crippen LogP contribution in [0.4, 0.5) is 11.4 Å². The summed E-state index contributed by atoms with van der Waals surface area (Å²) in [5, 5.41) is 2.81. The van der Waals surface area contributed by atoms with Gasteiger partial charge in [-0.05, 0) is 65.7 Å². The van der Waals surface area contributed by atoms with Crippen molar-refractivity contribution < 1.29 is 19.2 Å². The number of nitrogens with one attached hydrogen (secondary N) is 1. The lowest BCUT2D eigenvalue weighted by Gasteiger charge is -2.14. The fraction of sp³-hybridized carbons (Fsp3) is 0.0323. The Balaban J connectivity index is 1.26. The van der Waals surface area contributed by atoms with Crippen molar-refractivity contribution in [3.8, 4) is 0 Å². The molecule has 5 rings (SSSR count). The van der Waals surface area contributed by atoms with Crippen LogP contribution in [0.15, 0.2) is 103 Å². The number of carbonyl (C=O) groups excluding carboxylic acids is 4. The molecule has 0 saturated heterocycles. The minimum absolute atomic E-state index is 0.0534. The smallest absolute Gasteiger partial charge is 0.261 e. The number of ketones is 1. The van der Waals surface area contributed by atoms with Crippen molar-refractivity contribution in [3.05, 3.63) is 137 Å². The number of imide groups is 1. The zero-order valence-electron chi connectivity index (χ0n) is 20.3. The molecule has 0 saturated carbocycles. The van der Waals surface area contributed by atoms with Crippen LogP contribution in [0, 0.1) is 0 Å². The molecule has 7 heteroatoms. The number of fused-ring (bicyclic) bond motifs is 1. The fourth-order valence-electron chi connectivity index (χ4n) is 4.20. The van der Waals surface area contributed by atoms with E-state index in [-0.39, 0.29) is 30.0 Å². The number of allylic oxidation sites excluding steroid dienone is 1. The monoisotopic (exact) mass is 501 g/mol. The van der Waals surface area contributed by atoms with Crippen LogP contribution in [-0.2, 0) is 6.54 Å². The van der Waals surface area contributed by atoms with Crippen LogP contribution in [0.25, 0.3) is 6.08 Å². The van der Waals surface area contributed by atoms with E-state index in [1.165, 1.54) is 11.0 Å². The van der Waals surface area contributed by atoms with Gasteiger partial charge in [0.05, 0.1) is 17.7 Å². The van der Waals surface area contributed by atoms with Crippen LogP contribution in [0.2, 0.25) is 0 Å². The van der Waals surface area contributed by atoms with Crippen molar-refractivity contribution >= 4 is 41.0 Å². The Kier molecular flexibility index (Phi) is 6.65. The maximum atomic E-state index is 13.0. The maximum absolute atomic E-state index is 13.0. The number of nitrogens with zero attached hydrogens (tertiary/aromatic N) is 1. The molecule has 4 aromatic rings. The first-order valence-corrected chi connectivity index (χ1v) is 11.9. The lowest BCUT2D eigenvalue weighted by molar-refractivity contribution is 0.0642. The first-order chi connectivity index (χ1) is 18.4. The lowest BCUT2D eigenvalue weighted by Crippen LogP contribution is -2.29. The summed E-state index contributed by atoms with van der Waals surface area (Å²) in [6.07, 6.45) is 3.17. The SMILES string of the molecule is Nc1ccc(/C=C/C(=O)c2cccc(NC(=O)c3cccc(CN4C(=O)c5ccccc5C4=O)c3)c2)cc1. The highest BCUT2D eigenvalue weighted by molar-refractivity contribution is 6.21. The van der Waals surface area contributed by atoms with Crippen molar-refractivity contribution in [2.45, 2.75) is 6.54 Å². The van der Waals surface area contributed by atoms with Gasteiger partial charge in [0.15, 0.2) is 5.78 Å². The molecule has 0 radical (unpaired) electrons. The molecule has 0 atom stereocenters. The summed E-state index contributed by atoms with van der Waals surface area (Å²) in [4.78, 5) is 52.2. The minimum Gasteiger partial charge on any atom is -0.399 e. The summed E-state index contributed by atoms with van der Waals surface area (Å²) in [6.45, 7) is 0.0534. The van der Waals surface area contributed by atoms with Crippen molar-refractivity contribution in [1.29, 1.82) is 0 Å². The topological polar surface area (TPSA) is 110 Å². The van der Waals surface area contributed by atoms with E-state index in [2.05, 4.69) is 5.32 Å². The number of amides is 3. The average molecular weight is 502 g/mol. The standard InChI is InChI=1S/C31H23N3O4/c32-24-14-11-20(12-15-24)13-16-28(35)22-6-4-8-25(18-22)33-29(36)23-7-3-5-21(17-23)19-34-30(37)26-9-1-2-10-27(26)31(34)38/h1-18H,19,32H2,(H,33,36)/b16-13+. The van der Waals surface area contributed by atoms with Crippen molar-refractivity contribution in [2.24, 2.45) is 0 Å². The molecule has 0 unspecified atom stereocenters. The van der Waals surface area contributed by atoms with Gasteiger partial charge in [-0.2, -0.15) is 0 Å². The molecule has 0 fully saturated rings. The van der Waals surface area contributed by atoms with Gasteiger partial charge in [0.1, 0.15) is 0 Å². The molecule has 186 valence electrons. The summed E-state index contributed by atoms with van der Waals surface area (Å²) in [5.41, 5.74) is 9.83. The Morgan fingerprint density at radius 3 is 2.13 bits per heavy atom. The molecule has 0 bridgehead atoms. The number of carbonyl (C=O) groups is 4. The third-order valence-electron chi connectivity index (χ3n) is 6.18. The second kappa shape index (κ2) is 10.4. The molecule has 38 heavy (non-hydrogen) atoms. The number of nitrogens with two attached hydrogens (primary N) is 1. The number of hydrogen-bond acceptors (Lipinski definition) is 5. The minimum atomic E-state index is -0.378. The lowest BCUT2D eigenvalue weighted by atomic mass is 10.1. The summed E-state index contributed by atoms with van der Waals surface area (Å²) in [5.74, 6) is -1.29. The second-order valence-electron chi connectivity index (χ2n) is 8.84. The quantitative estimate of drug-likeness (QED) is 0.156. The molecule has 0 aromatic heterocycles. The zero-order valence-corrected chi connectivity index (χ0v) is 20.3. The van der Waals surface area contributed by atoms with Crippen LogP contribution in [0.3, 0.4) is 0 Å². The number of anilines is 2. The molecule has 3 amide bonds. The Morgan fingerprint density at radius 1 is 0.763 bits per heavy atom. The van der Waals surface area contributed by atoms with Crippen LogP contribution >= 0.6 is 0 Å². The largest absolute Gasteiger partial charge is 0.399 e. The van der Waals surface area contributed by atoms with E-state index in [0.717, 1.165) is 5.56 Å². The Labute approximate surface area is 219 Å². The highest BCUT2D eigenvalue weighted by atomic mass is 16.2. The average Bonchev–Trinajstić information content (AvgIpc) is 3.18. The number of benzene rings is 4. The van der Waals surface area contributed by atoms with Crippen LogP contribution < -0.4 is 11.1 Å². The van der Waals surface area contributed by atoms with Crippen LogP contribution in [0.5, 0.6) is 0 Å². The van der Waals surface area contributed by atoms with Crippen molar-refractivity contribution in [3.63, 3.8) is 0 Å². The van der Waals surface area contributed by atoms with E-state index in [0.29, 0.717) is 39.2 Å². The van der Waals surface area contributed by atoms with Gasteiger partial charge in [0.2, 0.25) is 0 Å². The molecule has 1 aliphatic rings. The molecular weight excluding hydrogens is 478 g/mol. The summed E-state index contributed by atoms with van der Waals surface area (Å²) in [7, 11) is 0. The number of rotatable bonds is 7. The van der Waals surface area contributed by atoms with Gasteiger partial charge in [-0.3, -0.25) is 24.1 Å². The third kappa shape index (κ3) is 5.12. The molecule has 1 heterocycles. The summed E-state index contributed by atoms with van der Waals surface area (Å²) in [6, 6.07) is 27.3. The van der Waals surface area contributed by atoms with E-state index < -0.39 is 0 Å². The van der Waals surface area contributed by atoms with Gasteiger partial charge in [0, 0.05) is 22.5 Å². The van der Waals surface area contributed by atoms with Crippen LogP contribution in [-0.4, -0.2) is 28.4 Å². The van der Waals surface area contributed by atoms with Crippen LogP contribution in [0.1, 0.15) is 52.6 Å².